The number of thioether (sulfide) groups is 2. The van der Waals surface area contributed by atoms with Crippen LogP contribution in [0.2, 0.25) is 0 Å². The van der Waals surface area contributed by atoms with Crippen LogP contribution in [0.4, 0.5) is 0 Å². The van der Waals surface area contributed by atoms with Crippen molar-refractivity contribution >= 4 is 40.4 Å². The van der Waals surface area contributed by atoms with Gasteiger partial charge in [-0.15, -0.1) is 0 Å². The minimum Gasteiger partial charge on any atom is -0.281 e. The van der Waals surface area contributed by atoms with E-state index in [0.29, 0.717) is 0 Å². The minimum absolute atomic E-state index is 1.09. The molecule has 1 aliphatic rings. The highest BCUT2D eigenvalue weighted by Crippen LogP contribution is 2.25. The van der Waals surface area contributed by atoms with E-state index in [1.165, 1.54) is 35.6 Å². The standard InChI is InChI=1S/C10H14N2S3/c13-7-15-10-8-4-6-14-5-2-1-3-9(8)11-12-10/h7H,1-6H2,(H,11,12). The summed E-state index contributed by atoms with van der Waals surface area (Å²) in [7, 11) is 0. The molecule has 1 aliphatic heterocycles. The maximum absolute atomic E-state index is 4.87. The summed E-state index contributed by atoms with van der Waals surface area (Å²) in [5, 5.41) is 8.58. The highest BCUT2D eigenvalue weighted by molar-refractivity contribution is 8.20. The van der Waals surface area contributed by atoms with E-state index in [1.807, 2.05) is 11.8 Å². The summed E-state index contributed by atoms with van der Waals surface area (Å²) in [6, 6.07) is 0. The van der Waals surface area contributed by atoms with Gasteiger partial charge >= 0.3 is 0 Å². The number of H-pyrrole nitrogens is 1. The quantitative estimate of drug-likeness (QED) is 0.652. The van der Waals surface area contributed by atoms with Crippen molar-refractivity contribution in [3.63, 3.8) is 0 Å². The Labute approximate surface area is 104 Å². The van der Waals surface area contributed by atoms with E-state index in [1.54, 1.807) is 16.5 Å². The van der Waals surface area contributed by atoms with Gasteiger partial charge in [0.05, 0.1) is 0 Å². The molecule has 2 heterocycles. The molecule has 0 atom stereocenters. The van der Waals surface area contributed by atoms with Crippen LogP contribution >= 0.6 is 35.7 Å². The molecule has 0 fully saturated rings. The molecule has 0 radical (unpaired) electrons. The van der Waals surface area contributed by atoms with Crippen molar-refractivity contribution in [3.05, 3.63) is 11.3 Å². The topological polar surface area (TPSA) is 28.7 Å². The summed E-state index contributed by atoms with van der Waals surface area (Å²) >= 11 is 8.48. The first kappa shape index (κ1) is 11.5. The minimum atomic E-state index is 1.09. The van der Waals surface area contributed by atoms with Crippen LogP contribution < -0.4 is 0 Å². The van der Waals surface area contributed by atoms with Gasteiger partial charge < -0.3 is 0 Å². The van der Waals surface area contributed by atoms with Gasteiger partial charge in [-0.3, -0.25) is 5.10 Å². The Hall–Kier alpha value is -0.000000000000000111. The van der Waals surface area contributed by atoms with Crippen LogP contribution in [-0.4, -0.2) is 26.4 Å². The summed E-state index contributed by atoms with van der Waals surface area (Å²) in [5.74, 6) is 2.50. The van der Waals surface area contributed by atoms with Gasteiger partial charge in [0.1, 0.15) is 5.03 Å². The van der Waals surface area contributed by atoms with Gasteiger partial charge in [-0.1, -0.05) is 24.0 Å². The number of hydrogen-bond donors (Lipinski definition) is 1. The molecule has 2 nitrogen and oxygen atoms in total. The molecule has 0 bridgehead atoms. The Kier molecular flexibility index (Phi) is 4.53. The first-order valence-corrected chi connectivity index (χ1v) is 7.66. The molecule has 0 unspecified atom stereocenters. The lowest BCUT2D eigenvalue weighted by molar-refractivity contribution is 0.775. The van der Waals surface area contributed by atoms with Crippen molar-refractivity contribution in [2.75, 3.05) is 11.5 Å². The Bertz CT molecular complexity index is 335. The second-order valence-corrected chi connectivity index (χ2v) is 6.14. The lowest BCUT2D eigenvalue weighted by atomic mass is 10.1. The summed E-state index contributed by atoms with van der Waals surface area (Å²) < 4.78 is 1.69. The third kappa shape index (κ3) is 2.98. The van der Waals surface area contributed by atoms with Crippen molar-refractivity contribution in [3.8, 4) is 0 Å². The average molecular weight is 258 g/mol. The predicted molar refractivity (Wildman–Crippen MR) is 72.1 cm³/mol. The van der Waals surface area contributed by atoms with E-state index in [9.17, 15) is 0 Å². The Morgan fingerprint density at radius 3 is 3.13 bits per heavy atom. The average Bonchev–Trinajstić information content (AvgIpc) is 2.64. The van der Waals surface area contributed by atoms with E-state index >= 15 is 0 Å². The van der Waals surface area contributed by atoms with Crippen molar-refractivity contribution < 1.29 is 0 Å². The summed E-state index contributed by atoms with van der Waals surface area (Å²) in [6.45, 7) is 0. The summed E-state index contributed by atoms with van der Waals surface area (Å²) in [4.78, 5) is 0. The molecule has 2 rings (SSSR count). The van der Waals surface area contributed by atoms with Gasteiger partial charge in [0, 0.05) is 16.0 Å². The first-order chi connectivity index (χ1) is 7.42. The largest absolute Gasteiger partial charge is 0.281 e. The molecule has 5 heteroatoms. The fourth-order valence-electron chi connectivity index (χ4n) is 1.77. The fourth-order valence-corrected chi connectivity index (χ4v) is 3.56. The number of nitrogens with zero attached hydrogens (tertiary/aromatic N) is 1. The van der Waals surface area contributed by atoms with Gasteiger partial charge in [-0.2, -0.15) is 16.9 Å². The Morgan fingerprint density at radius 2 is 2.27 bits per heavy atom. The second kappa shape index (κ2) is 5.92. The van der Waals surface area contributed by atoms with Crippen molar-refractivity contribution in [1.29, 1.82) is 0 Å². The number of nitrogens with one attached hydrogen (secondary N) is 1. The molecule has 0 saturated carbocycles. The number of rotatable bonds is 2. The zero-order valence-corrected chi connectivity index (χ0v) is 10.9. The lowest BCUT2D eigenvalue weighted by Gasteiger charge is -2.00. The van der Waals surface area contributed by atoms with Crippen molar-refractivity contribution in [2.24, 2.45) is 0 Å². The molecule has 0 amide bonds. The van der Waals surface area contributed by atoms with Gasteiger partial charge in [0.25, 0.3) is 0 Å². The second-order valence-electron chi connectivity index (χ2n) is 3.52. The molecule has 0 aliphatic carbocycles. The van der Waals surface area contributed by atoms with E-state index < -0.39 is 0 Å². The molecular weight excluding hydrogens is 244 g/mol. The Morgan fingerprint density at radius 1 is 1.33 bits per heavy atom. The SMILES string of the molecule is S=CSc1n[nH]c2c1CCSCCCC2. The van der Waals surface area contributed by atoms with Gasteiger partial charge in [0.15, 0.2) is 0 Å². The maximum Gasteiger partial charge on any atom is 0.126 e. The molecule has 1 aromatic rings. The van der Waals surface area contributed by atoms with Crippen LogP contribution in [0, 0.1) is 0 Å². The van der Waals surface area contributed by atoms with Crippen molar-refractivity contribution in [2.45, 2.75) is 30.7 Å². The molecule has 15 heavy (non-hydrogen) atoms. The normalized spacial score (nSPS) is 17.3. The predicted octanol–water partition coefficient (Wildman–Crippen LogP) is 3.07. The molecule has 1 aromatic heterocycles. The molecular formula is C10H14N2S3. The third-order valence-corrected chi connectivity index (χ3v) is 4.55. The van der Waals surface area contributed by atoms with Crippen LogP contribution in [0.5, 0.6) is 0 Å². The third-order valence-electron chi connectivity index (χ3n) is 2.54. The number of fused-ring (bicyclic) bond motifs is 1. The van der Waals surface area contributed by atoms with Gasteiger partial charge in [-0.25, -0.2) is 0 Å². The van der Waals surface area contributed by atoms with Crippen LogP contribution in [0.15, 0.2) is 5.03 Å². The molecule has 0 spiro atoms. The number of aryl methyl sites for hydroxylation is 1. The number of aromatic amines is 1. The number of aromatic nitrogens is 2. The number of thiocarbonyl (C=S) groups is 1. The zero-order chi connectivity index (χ0) is 10.5. The van der Waals surface area contributed by atoms with E-state index in [0.717, 1.165) is 17.9 Å². The highest BCUT2D eigenvalue weighted by atomic mass is 32.2. The first-order valence-electron chi connectivity index (χ1n) is 5.16. The van der Waals surface area contributed by atoms with Gasteiger partial charge in [0.2, 0.25) is 0 Å². The van der Waals surface area contributed by atoms with Crippen LogP contribution in [0.3, 0.4) is 0 Å². The monoisotopic (exact) mass is 258 g/mol. The van der Waals surface area contributed by atoms with Crippen LogP contribution in [-0.2, 0) is 12.8 Å². The smallest absolute Gasteiger partial charge is 0.126 e. The fraction of sp³-hybridized carbons (Fsp3) is 0.600. The molecule has 1 N–H and O–H groups in total. The molecule has 0 saturated heterocycles. The van der Waals surface area contributed by atoms with Gasteiger partial charge in [-0.05, 0) is 37.2 Å². The van der Waals surface area contributed by atoms with Crippen LogP contribution in [0.25, 0.3) is 0 Å². The summed E-state index contributed by atoms with van der Waals surface area (Å²) in [5.41, 5.74) is 2.73. The Balaban J connectivity index is 2.19. The zero-order valence-electron chi connectivity index (χ0n) is 8.49. The summed E-state index contributed by atoms with van der Waals surface area (Å²) in [6.07, 6.45) is 4.85. The van der Waals surface area contributed by atoms with E-state index in [-0.39, 0.29) is 0 Å². The van der Waals surface area contributed by atoms with E-state index in [4.69, 9.17) is 12.2 Å². The van der Waals surface area contributed by atoms with Crippen molar-refractivity contribution in [1.82, 2.24) is 10.2 Å². The van der Waals surface area contributed by atoms with E-state index in [2.05, 4.69) is 10.2 Å². The van der Waals surface area contributed by atoms with Crippen LogP contribution in [0.1, 0.15) is 24.1 Å². The highest BCUT2D eigenvalue weighted by Gasteiger charge is 2.13. The molecule has 82 valence electrons. The lowest BCUT2D eigenvalue weighted by Crippen LogP contribution is -1.93. The number of hydrogen-bond acceptors (Lipinski definition) is 4. The molecule has 0 aromatic carbocycles. The maximum atomic E-state index is 4.87.